The van der Waals surface area contributed by atoms with Gasteiger partial charge in [0.25, 0.3) is 0 Å². The fourth-order valence-corrected chi connectivity index (χ4v) is 1.43. The van der Waals surface area contributed by atoms with Gasteiger partial charge < -0.3 is 9.64 Å². The Morgan fingerprint density at radius 1 is 1.54 bits per heavy atom. The van der Waals surface area contributed by atoms with E-state index >= 15 is 0 Å². The summed E-state index contributed by atoms with van der Waals surface area (Å²) >= 11 is 0. The third kappa shape index (κ3) is 4.88. The lowest BCUT2D eigenvalue weighted by Gasteiger charge is -2.15. The second kappa shape index (κ2) is 5.22. The zero-order valence-electron chi connectivity index (χ0n) is 8.58. The number of carbonyl (C=O) groups excluding carboxylic acids is 1. The summed E-state index contributed by atoms with van der Waals surface area (Å²) in [7, 11) is 3.56. The van der Waals surface area contributed by atoms with Crippen molar-refractivity contribution >= 4 is 5.97 Å². The molecular formula is C10H19NO2. The second-order valence-electron chi connectivity index (χ2n) is 3.89. The van der Waals surface area contributed by atoms with Gasteiger partial charge in [0.05, 0.1) is 7.11 Å². The molecule has 0 atom stereocenters. The van der Waals surface area contributed by atoms with E-state index in [0.29, 0.717) is 6.42 Å². The van der Waals surface area contributed by atoms with E-state index in [4.69, 9.17) is 0 Å². The Morgan fingerprint density at radius 3 is 2.77 bits per heavy atom. The van der Waals surface area contributed by atoms with E-state index in [-0.39, 0.29) is 5.97 Å². The van der Waals surface area contributed by atoms with Gasteiger partial charge >= 0.3 is 5.97 Å². The number of nitrogens with zero attached hydrogens (tertiary/aromatic N) is 1. The molecule has 1 aliphatic rings. The van der Waals surface area contributed by atoms with Gasteiger partial charge in [-0.25, -0.2) is 0 Å². The fraction of sp³-hybridized carbons (Fsp3) is 0.900. The molecule has 0 bridgehead atoms. The van der Waals surface area contributed by atoms with Gasteiger partial charge in [-0.3, -0.25) is 4.79 Å². The summed E-state index contributed by atoms with van der Waals surface area (Å²) in [5.41, 5.74) is 0. The lowest BCUT2D eigenvalue weighted by atomic mass is 10.3. The van der Waals surface area contributed by atoms with Crippen LogP contribution in [-0.4, -0.2) is 38.1 Å². The Hall–Kier alpha value is -0.570. The number of hydrogen-bond acceptors (Lipinski definition) is 3. The molecule has 0 heterocycles. The molecular weight excluding hydrogens is 166 g/mol. The molecule has 0 aromatic rings. The van der Waals surface area contributed by atoms with Crippen molar-refractivity contribution < 1.29 is 9.53 Å². The minimum Gasteiger partial charge on any atom is -0.469 e. The summed E-state index contributed by atoms with van der Waals surface area (Å²) in [6, 6.07) is 0. The molecule has 0 saturated heterocycles. The van der Waals surface area contributed by atoms with Crippen molar-refractivity contribution in [1.82, 2.24) is 4.90 Å². The molecule has 1 rings (SSSR count). The molecule has 0 radical (unpaired) electrons. The van der Waals surface area contributed by atoms with Gasteiger partial charge in [-0.1, -0.05) is 0 Å². The van der Waals surface area contributed by atoms with Crippen LogP contribution in [0.4, 0.5) is 0 Å². The maximum atomic E-state index is 10.8. The molecule has 0 N–H and O–H groups in total. The van der Waals surface area contributed by atoms with Gasteiger partial charge in [-0.05, 0) is 38.8 Å². The highest BCUT2D eigenvalue weighted by Crippen LogP contribution is 2.29. The first-order valence-corrected chi connectivity index (χ1v) is 4.97. The Bertz CT molecular complexity index is 166. The highest BCUT2D eigenvalue weighted by atomic mass is 16.5. The quantitative estimate of drug-likeness (QED) is 0.584. The third-order valence-electron chi connectivity index (χ3n) is 2.42. The zero-order valence-corrected chi connectivity index (χ0v) is 8.58. The maximum absolute atomic E-state index is 10.8. The van der Waals surface area contributed by atoms with Crippen LogP contribution in [0.25, 0.3) is 0 Å². The smallest absolute Gasteiger partial charge is 0.305 e. The Kier molecular flexibility index (Phi) is 4.22. The van der Waals surface area contributed by atoms with E-state index in [9.17, 15) is 4.79 Å². The highest BCUT2D eigenvalue weighted by Gasteiger charge is 2.22. The minimum atomic E-state index is -0.0974. The van der Waals surface area contributed by atoms with E-state index in [0.717, 1.165) is 18.9 Å². The van der Waals surface area contributed by atoms with Crippen molar-refractivity contribution in [2.24, 2.45) is 5.92 Å². The SMILES string of the molecule is COC(=O)CCCN(C)CC1CC1. The van der Waals surface area contributed by atoms with Crippen LogP contribution in [0, 0.1) is 5.92 Å². The number of ether oxygens (including phenoxy) is 1. The lowest BCUT2D eigenvalue weighted by Crippen LogP contribution is -2.22. The van der Waals surface area contributed by atoms with Crippen LogP contribution in [0.1, 0.15) is 25.7 Å². The molecule has 3 heteroatoms. The van der Waals surface area contributed by atoms with Gasteiger partial charge in [0.2, 0.25) is 0 Å². The van der Waals surface area contributed by atoms with Crippen molar-refractivity contribution in [3.05, 3.63) is 0 Å². The summed E-state index contributed by atoms with van der Waals surface area (Å²) < 4.78 is 4.57. The first kappa shape index (κ1) is 10.5. The lowest BCUT2D eigenvalue weighted by molar-refractivity contribution is -0.140. The Balaban J connectivity index is 1.94. The molecule has 1 fully saturated rings. The normalized spacial score (nSPS) is 16.2. The van der Waals surface area contributed by atoms with Crippen molar-refractivity contribution in [3.63, 3.8) is 0 Å². The number of rotatable bonds is 6. The number of carbonyl (C=O) groups is 1. The molecule has 0 aromatic heterocycles. The van der Waals surface area contributed by atoms with Crippen molar-refractivity contribution in [1.29, 1.82) is 0 Å². The second-order valence-corrected chi connectivity index (χ2v) is 3.89. The number of methoxy groups -OCH3 is 1. The first-order valence-electron chi connectivity index (χ1n) is 4.97. The predicted molar refractivity (Wildman–Crippen MR) is 51.5 cm³/mol. The largest absolute Gasteiger partial charge is 0.469 e. The van der Waals surface area contributed by atoms with E-state index in [1.807, 2.05) is 0 Å². The molecule has 3 nitrogen and oxygen atoms in total. The first-order chi connectivity index (χ1) is 6.22. The summed E-state index contributed by atoms with van der Waals surface area (Å²) in [5.74, 6) is 0.836. The average molecular weight is 185 g/mol. The third-order valence-corrected chi connectivity index (χ3v) is 2.42. The number of esters is 1. The van der Waals surface area contributed by atoms with Crippen LogP contribution in [0.3, 0.4) is 0 Å². The van der Waals surface area contributed by atoms with E-state index < -0.39 is 0 Å². The summed E-state index contributed by atoms with van der Waals surface area (Å²) in [6.07, 6.45) is 4.24. The molecule has 1 aliphatic carbocycles. The predicted octanol–water partition coefficient (Wildman–Crippen LogP) is 1.28. The number of hydrogen-bond donors (Lipinski definition) is 0. The van der Waals surface area contributed by atoms with Crippen LogP contribution in [0.2, 0.25) is 0 Å². The monoisotopic (exact) mass is 185 g/mol. The molecule has 0 spiro atoms. The molecule has 0 unspecified atom stereocenters. The fourth-order valence-electron chi connectivity index (χ4n) is 1.43. The molecule has 1 saturated carbocycles. The molecule has 76 valence electrons. The van der Waals surface area contributed by atoms with Crippen LogP contribution < -0.4 is 0 Å². The Labute approximate surface area is 80.1 Å². The highest BCUT2D eigenvalue weighted by molar-refractivity contribution is 5.69. The standard InChI is InChI=1S/C10H19NO2/c1-11(8-9-5-6-9)7-3-4-10(12)13-2/h9H,3-8H2,1-2H3. The van der Waals surface area contributed by atoms with Crippen molar-refractivity contribution in [2.45, 2.75) is 25.7 Å². The molecule has 0 amide bonds. The Morgan fingerprint density at radius 2 is 2.23 bits per heavy atom. The average Bonchev–Trinajstić information content (AvgIpc) is 2.88. The van der Waals surface area contributed by atoms with Crippen LogP contribution in [0.15, 0.2) is 0 Å². The van der Waals surface area contributed by atoms with Crippen molar-refractivity contribution in [2.75, 3.05) is 27.2 Å². The maximum Gasteiger partial charge on any atom is 0.305 e. The summed E-state index contributed by atoms with van der Waals surface area (Å²) in [6.45, 7) is 2.20. The van der Waals surface area contributed by atoms with Crippen LogP contribution in [-0.2, 0) is 9.53 Å². The van der Waals surface area contributed by atoms with Crippen LogP contribution in [0.5, 0.6) is 0 Å². The van der Waals surface area contributed by atoms with E-state index in [2.05, 4.69) is 16.7 Å². The van der Waals surface area contributed by atoms with Gasteiger partial charge in [-0.2, -0.15) is 0 Å². The van der Waals surface area contributed by atoms with Gasteiger partial charge in [0.15, 0.2) is 0 Å². The van der Waals surface area contributed by atoms with E-state index in [1.165, 1.54) is 26.5 Å². The molecule has 0 aliphatic heterocycles. The van der Waals surface area contributed by atoms with Gasteiger partial charge in [0.1, 0.15) is 0 Å². The summed E-state index contributed by atoms with van der Waals surface area (Å²) in [4.78, 5) is 13.1. The molecule has 13 heavy (non-hydrogen) atoms. The summed E-state index contributed by atoms with van der Waals surface area (Å²) in [5, 5.41) is 0. The topological polar surface area (TPSA) is 29.5 Å². The van der Waals surface area contributed by atoms with Crippen molar-refractivity contribution in [3.8, 4) is 0 Å². The van der Waals surface area contributed by atoms with Gasteiger partial charge in [-0.15, -0.1) is 0 Å². The molecule has 0 aromatic carbocycles. The van der Waals surface area contributed by atoms with Crippen LogP contribution >= 0.6 is 0 Å². The van der Waals surface area contributed by atoms with E-state index in [1.54, 1.807) is 0 Å². The van der Waals surface area contributed by atoms with Gasteiger partial charge in [0, 0.05) is 13.0 Å². The zero-order chi connectivity index (χ0) is 9.68. The minimum absolute atomic E-state index is 0.0974.